The van der Waals surface area contributed by atoms with Crippen LogP contribution in [0.25, 0.3) is 0 Å². The third-order valence-electron chi connectivity index (χ3n) is 2.37. The molecule has 1 aromatic rings. The highest BCUT2D eigenvalue weighted by Crippen LogP contribution is 2.32. The monoisotopic (exact) mass is 269 g/mol. The molecule has 1 atom stereocenters. The van der Waals surface area contributed by atoms with Gasteiger partial charge in [-0.25, -0.2) is 0 Å². The molecule has 0 aliphatic heterocycles. The van der Waals surface area contributed by atoms with Crippen LogP contribution in [0.1, 0.15) is 13.8 Å². The van der Waals surface area contributed by atoms with Crippen LogP contribution in [0.3, 0.4) is 0 Å². The van der Waals surface area contributed by atoms with E-state index in [-0.39, 0.29) is 11.9 Å². The van der Waals surface area contributed by atoms with Crippen LogP contribution in [0, 0.1) is 5.92 Å². The lowest BCUT2D eigenvalue weighted by molar-refractivity contribution is -0.146. The van der Waals surface area contributed by atoms with Crippen LogP contribution >= 0.6 is 11.8 Å². The molecular weight excluding hydrogens is 250 g/mol. The van der Waals surface area contributed by atoms with E-state index in [0.717, 1.165) is 10.6 Å². The van der Waals surface area contributed by atoms with E-state index in [1.54, 1.807) is 31.9 Å². The zero-order chi connectivity index (χ0) is 13.5. The molecule has 0 fully saturated rings. The van der Waals surface area contributed by atoms with Gasteiger partial charge in [0.1, 0.15) is 5.75 Å². The highest BCUT2D eigenvalue weighted by molar-refractivity contribution is 7.99. The van der Waals surface area contributed by atoms with Crippen LogP contribution in [-0.4, -0.2) is 25.4 Å². The summed E-state index contributed by atoms with van der Waals surface area (Å²) in [4.78, 5) is 12.5. The van der Waals surface area contributed by atoms with Crippen LogP contribution in [-0.2, 0) is 9.53 Å². The first kappa shape index (κ1) is 14.7. The van der Waals surface area contributed by atoms with Crippen molar-refractivity contribution in [2.45, 2.75) is 18.7 Å². The summed E-state index contributed by atoms with van der Waals surface area (Å²) in [6.07, 6.45) is 0. The van der Waals surface area contributed by atoms with Crippen LogP contribution in [0.5, 0.6) is 5.75 Å². The normalized spacial score (nSPS) is 11.9. The van der Waals surface area contributed by atoms with Gasteiger partial charge in [0.2, 0.25) is 0 Å². The van der Waals surface area contributed by atoms with Crippen molar-refractivity contribution >= 4 is 23.4 Å². The van der Waals surface area contributed by atoms with Crippen molar-refractivity contribution in [3.8, 4) is 5.75 Å². The Balaban J connectivity index is 2.60. The lowest BCUT2D eigenvalue weighted by atomic mass is 10.2. The Bertz CT molecular complexity index is 409. The topological polar surface area (TPSA) is 61.5 Å². The average molecular weight is 269 g/mol. The zero-order valence-corrected chi connectivity index (χ0v) is 11.8. The molecule has 0 saturated heterocycles. The molecule has 4 nitrogen and oxygen atoms in total. The van der Waals surface area contributed by atoms with E-state index in [1.807, 2.05) is 19.1 Å². The molecule has 1 rings (SSSR count). The fraction of sp³-hybridized carbons (Fsp3) is 0.462. The maximum Gasteiger partial charge on any atom is 0.309 e. The van der Waals surface area contributed by atoms with E-state index < -0.39 is 0 Å². The fourth-order valence-corrected chi connectivity index (χ4v) is 2.39. The number of rotatable bonds is 6. The number of nitrogen functional groups attached to an aromatic ring is 1. The number of carbonyl (C=O) groups excluding carboxylic acids is 1. The number of methoxy groups -OCH3 is 1. The lowest BCUT2D eigenvalue weighted by Crippen LogP contribution is -2.16. The molecule has 0 amide bonds. The van der Waals surface area contributed by atoms with Gasteiger partial charge in [-0.2, -0.15) is 0 Å². The molecule has 100 valence electrons. The summed E-state index contributed by atoms with van der Waals surface area (Å²) >= 11 is 1.56. The van der Waals surface area contributed by atoms with Gasteiger partial charge < -0.3 is 15.2 Å². The van der Waals surface area contributed by atoms with Gasteiger partial charge in [-0.1, -0.05) is 6.92 Å². The van der Waals surface area contributed by atoms with E-state index in [0.29, 0.717) is 18.0 Å². The SMILES string of the molecule is CCOC(=O)C(C)CSc1ccc(N)cc1OC. The number of ether oxygens (including phenoxy) is 2. The second-order valence-electron chi connectivity index (χ2n) is 3.87. The minimum Gasteiger partial charge on any atom is -0.496 e. The average Bonchev–Trinajstić information content (AvgIpc) is 2.37. The van der Waals surface area contributed by atoms with E-state index in [2.05, 4.69) is 0 Å². The summed E-state index contributed by atoms with van der Waals surface area (Å²) in [7, 11) is 1.60. The molecular formula is C13H19NO3S. The molecule has 0 spiro atoms. The Kier molecular flexibility index (Phi) is 5.85. The van der Waals surface area contributed by atoms with Crippen LogP contribution < -0.4 is 10.5 Å². The van der Waals surface area contributed by atoms with E-state index in [9.17, 15) is 4.79 Å². The number of esters is 1. The summed E-state index contributed by atoms with van der Waals surface area (Å²) in [6, 6.07) is 5.49. The van der Waals surface area contributed by atoms with Gasteiger partial charge in [-0.05, 0) is 19.1 Å². The Hall–Kier alpha value is -1.36. The third-order valence-corrected chi connectivity index (χ3v) is 3.68. The van der Waals surface area contributed by atoms with E-state index >= 15 is 0 Å². The van der Waals surface area contributed by atoms with Gasteiger partial charge in [0.25, 0.3) is 0 Å². The van der Waals surface area contributed by atoms with Crippen molar-refractivity contribution in [2.75, 3.05) is 25.2 Å². The summed E-state index contributed by atoms with van der Waals surface area (Å²) in [5, 5.41) is 0. The standard InChI is InChI=1S/C13H19NO3S/c1-4-17-13(15)9(2)8-18-12-6-5-10(14)7-11(12)16-3/h5-7,9H,4,8,14H2,1-3H3. The van der Waals surface area contributed by atoms with Crippen LogP contribution in [0.15, 0.2) is 23.1 Å². The fourth-order valence-electron chi connectivity index (χ4n) is 1.37. The second-order valence-corrected chi connectivity index (χ2v) is 4.94. The largest absolute Gasteiger partial charge is 0.496 e. The van der Waals surface area contributed by atoms with Gasteiger partial charge in [-0.3, -0.25) is 4.79 Å². The first-order valence-electron chi connectivity index (χ1n) is 5.81. The van der Waals surface area contributed by atoms with Crippen molar-refractivity contribution in [3.05, 3.63) is 18.2 Å². The van der Waals surface area contributed by atoms with Gasteiger partial charge in [0.05, 0.1) is 19.6 Å². The number of nitrogens with two attached hydrogens (primary N) is 1. The molecule has 1 aromatic carbocycles. The third kappa shape index (κ3) is 4.14. The minimum atomic E-state index is -0.167. The first-order valence-corrected chi connectivity index (χ1v) is 6.80. The maximum absolute atomic E-state index is 11.5. The van der Waals surface area contributed by atoms with Gasteiger partial charge in [0, 0.05) is 22.4 Å². The predicted octanol–water partition coefficient (Wildman–Crippen LogP) is 2.57. The number of benzene rings is 1. The van der Waals surface area contributed by atoms with Crippen molar-refractivity contribution in [1.29, 1.82) is 0 Å². The van der Waals surface area contributed by atoms with Gasteiger partial charge in [-0.15, -0.1) is 11.8 Å². The summed E-state index contributed by atoms with van der Waals surface area (Å²) in [5.41, 5.74) is 6.35. The summed E-state index contributed by atoms with van der Waals surface area (Å²) in [5.74, 6) is 1.08. The molecule has 0 saturated carbocycles. The van der Waals surface area contributed by atoms with Crippen molar-refractivity contribution in [2.24, 2.45) is 5.92 Å². The van der Waals surface area contributed by atoms with E-state index in [1.165, 1.54) is 0 Å². The predicted molar refractivity (Wildman–Crippen MR) is 73.9 cm³/mol. The maximum atomic E-state index is 11.5. The Morgan fingerprint density at radius 1 is 1.50 bits per heavy atom. The molecule has 0 heterocycles. The molecule has 0 radical (unpaired) electrons. The van der Waals surface area contributed by atoms with Crippen LogP contribution in [0.2, 0.25) is 0 Å². The molecule has 0 aliphatic rings. The number of carbonyl (C=O) groups is 1. The Labute approximate surface area is 112 Å². The smallest absolute Gasteiger partial charge is 0.309 e. The number of hydrogen-bond donors (Lipinski definition) is 1. The van der Waals surface area contributed by atoms with Crippen molar-refractivity contribution in [1.82, 2.24) is 0 Å². The summed E-state index contributed by atoms with van der Waals surface area (Å²) < 4.78 is 10.2. The molecule has 1 unspecified atom stereocenters. The quantitative estimate of drug-likeness (QED) is 0.488. The molecule has 0 aromatic heterocycles. The zero-order valence-electron chi connectivity index (χ0n) is 10.9. The molecule has 5 heteroatoms. The lowest BCUT2D eigenvalue weighted by Gasteiger charge is -2.12. The number of hydrogen-bond acceptors (Lipinski definition) is 5. The summed E-state index contributed by atoms with van der Waals surface area (Å²) in [6.45, 7) is 4.08. The molecule has 18 heavy (non-hydrogen) atoms. The van der Waals surface area contributed by atoms with Crippen LogP contribution in [0.4, 0.5) is 5.69 Å². The highest BCUT2D eigenvalue weighted by atomic mass is 32.2. The number of thioether (sulfide) groups is 1. The van der Waals surface area contributed by atoms with E-state index in [4.69, 9.17) is 15.2 Å². The first-order chi connectivity index (χ1) is 8.58. The second kappa shape index (κ2) is 7.16. The van der Waals surface area contributed by atoms with Crippen molar-refractivity contribution < 1.29 is 14.3 Å². The molecule has 0 bridgehead atoms. The minimum absolute atomic E-state index is 0.141. The van der Waals surface area contributed by atoms with Crippen molar-refractivity contribution in [3.63, 3.8) is 0 Å². The number of anilines is 1. The Morgan fingerprint density at radius 3 is 2.83 bits per heavy atom. The Morgan fingerprint density at radius 2 is 2.22 bits per heavy atom. The molecule has 0 aliphatic carbocycles. The highest BCUT2D eigenvalue weighted by Gasteiger charge is 2.15. The molecule has 2 N–H and O–H groups in total. The van der Waals surface area contributed by atoms with Gasteiger partial charge in [0.15, 0.2) is 0 Å². The van der Waals surface area contributed by atoms with Gasteiger partial charge >= 0.3 is 5.97 Å².